The second-order valence-electron chi connectivity index (χ2n) is 4.45. The van der Waals surface area contributed by atoms with Crippen molar-refractivity contribution in [2.45, 2.75) is 18.9 Å². The van der Waals surface area contributed by atoms with E-state index in [2.05, 4.69) is 0 Å². The molecule has 2 aliphatic rings. The summed E-state index contributed by atoms with van der Waals surface area (Å²) in [6.45, 7) is 1.50. The fraction of sp³-hybridized carbons (Fsp3) is 0.462. The first-order valence-corrected chi connectivity index (χ1v) is 6.11. The zero-order valence-corrected chi connectivity index (χ0v) is 9.89. The lowest BCUT2D eigenvalue weighted by Crippen LogP contribution is -2.43. The molecule has 2 aliphatic heterocycles. The van der Waals surface area contributed by atoms with Gasteiger partial charge in [-0.05, 0) is 25.0 Å². The van der Waals surface area contributed by atoms with Crippen LogP contribution in [0.5, 0.6) is 5.75 Å². The number of fused-ring (bicyclic) bond motifs is 1. The number of rotatable bonds is 1. The molecule has 2 heterocycles. The molecule has 1 aromatic carbocycles. The van der Waals surface area contributed by atoms with Crippen LogP contribution in [0.15, 0.2) is 18.2 Å². The zero-order valence-electron chi connectivity index (χ0n) is 9.89. The van der Waals surface area contributed by atoms with E-state index in [4.69, 9.17) is 9.47 Å². The molecule has 18 heavy (non-hydrogen) atoms. The van der Waals surface area contributed by atoms with Crippen LogP contribution < -0.4 is 9.64 Å². The molecule has 0 aliphatic carbocycles. The van der Waals surface area contributed by atoms with Gasteiger partial charge in [0.15, 0.2) is 0 Å². The first kappa shape index (κ1) is 11.5. The molecule has 5 heteroatoms. The number of hydrogen-bond acceptors (Lipinski definition) is 3. The molecule has 1 fully saturated rings. The smallest absolute Gasteiger partial charge is 0.256 e. The third kappa shape index (κ3) is 1.95. The summed E-state index contributed by atoms with van der Waals surface area (Å²) >= 11 is 0. The van der Waals surface area contributed by atoms with Gasteiger partial charge in [0.05, 0.1) is 12.2 Å². The van der Waals surface area contributed by atoms with E-state index in [1.807, 2.05) is 0 Å². The number of halogens is 1. The van der Waals surface area contributed by atoms with Crippen LogP contribution in [0.2, 0.25) is 0 Å². The van der Waals surface area contributed by atoms with Crippen molar-refractivity contribution in [2.75, 3.05) is 24.7 Å². The summed E-state index contributed by atoms with van der Waals surface area (Å²) < 4.78 is 23.9. The Morgan fingerprint density at radius 1 is 1.39 bits per heavy atom. The van der Waals surface area contributed by atoms with Crippen LogP contribution in [0, 0.1) is 5.82 Å². The highest BCUT2D eigenvalue weighted by Gasteiger charge is 2.32. The van der Waals surface area contributed by atoms with Crippen molar-refractivity contribution >= 4 is 11.6 Å². The normalized spacial score (nSPS) is 22.5. The Morgan fingerprint density at radius 3 is 3.06 bits per heavy atom. The fourth-order valence-corrected chi connectivity index (χ4v) is 2.37. The predicted molar refractivity (Wildman–Crippen MR) is 63.2 cm³/mol. The molecule has 1 saturated heterocycles. The predicted octanol–water partition coefficient (Wildman–Crippen LogP) is 1.73. The molecule has 0 saturated carbocycles. The lowest BCUT2D eigenvalue weighted by Gasteiger charge is -2.31. The van der Waals surface area contributed by atoms with Crippen molar-refractivity contribution in [1.29, 1.82) is 0 Å². The third-order valence-electron chi connectivity index (χ3n) is 3.26. The lowest BCUT2D eigenvalue weighted by atomic mass is 10.1. The number of carbonyl (C=O) groups is 1. The maximum atomic E-state index is 13.1. The molecule has 0 N–H and O–H groups in total. The second-order valence-corrected chi connectivity index (χ2v) is 4.45. The van der Waals surface area contributed by atoms with Gasteiger partial charge in [0.25, 0.3) is 5.91 Å². The van der Waals surface area contributed by atoms with E-state index in [-0.39, 0.29) is 17.8 Å². The molecule has 96 valence electrons. The molecule has 0 spiro atoms. The van der Waals surface area contributed by atoms with Gasteiger partial charge in [-0.1, -0.05) is 0 Å². The van der Waals surface area contributed by atoms with E-state index in [0.29, 0.717) is 31.2 Å². The number of nitrogens with zero attached hydrogens (tertiary/aromatic N) is 1. The van der Waals surface area contributed by atoms with Crippen LogP contribution in [0.25, 0.3) is 0 Å². The molecular weight excluding hydrogens is 237 g/mol. The molecule has 0 bridgehead atoms. The molecule has 4 nitrogen and oxygen atoms in total. The van der Waals surface area contributed by atoms with Crippen LogP contribution in [0.1, 0.15) is 12.8 Å². The number of benzene rings is 1. The summed E-state index contributed by atoms with van der Waals surface area (Å²) in [7, 11) is 0. The van der Waals surface area contributed by atoms with E-state index in [1.165, 1.54) is 12.1 Å². The summed E-state index contributed by atoms with van der Waals surface area (Å²) in [6, 6.07) is 4.23. The quantitative estimate of drug-likeness (QED) is 0.763. The van der Waals surface area contributed by atoms with Gasteiger partial charge < -0.3 is 14.4 Å². The molecule has 0 radical (unpaired) electrons. The Morgan fingerprint density at radius 2 is 2.28 bits per heavy atom. The van der Waals surface area contributed by atoms with Gasteiger partial charge in [0.2, 0.25) is 0 Å². The SMILES string of the molecule is O=C([C@@H]1CCCO1)N1CCOc2cc(F)ccc21. The first-order chi connectivity index (χ1) is 8.75. The molecule has 1 atom stereocenters. The number of ether oxygens (including phenoxy) is 2. The molecule has 0 aromatic heterocycles. The lowest BCUT2D eigenvalue weighted by molar-refractivity contribution is -0.127. The highest BCUT2D eigenvalue weighted by molar-refractivity contribution is 5.98. The number of amides is 1. The van der Waals surface area contributed by atoms with E-state index in [1.54, 1.807) is 11.0 Å². The largest absolute Gasteiger partial charge is 0.489 e. The molecular formula is C13H14FNO3. The highest BCUT2D eigenvalue weighted by Crippen LogP contribution is 2.33. The van der Waals surface area contributed by atoms with E-state index >= 15 is 0 Å². The van der Waals surface area contributed by atoms with Crippen molar-refractivity contribution < 1.29 is 18.7 Å². The van der Waals surface area contributed by atoms with Gasteiger partial charge in [-0.15, -0.1) is 0 Å². The summed E-state index contributed by atoms with van der Waals surface area (Å²) in [6.07, 6.45) is 1.31. The standard InChI is InChI=1S/C13H14FNO3/c14-9-3-4-10-12(8-9)18-7-5-15(10)13(16)11-2-1-6-17-11/h3-4,8,11H,1-2,5-7H2/t11-/m0/s1. The summed E-state index contributed by atoms with van der Waals surface area (Å²) in [4.78, 5) is 13.9. The Bertz CT molecular complexity index is 471. The molecule has 1 amide bonds. The van der Waals surface area contributed by atoms with Gasteiger partial charge in [-0.2, -0.15) is 0 Å². The third-order valence-corrected chi connectivity index (χ3v) is 3.26. The van der Waals surface area contributed by atoms with Crippen molar-refractivity contribution in [1.82, 2.24) is 0 Å². The minimum Gasteiger partial charge on any atom is -0.489 e. The zero-order chi connectivity index (χ0) is 12.5. The highest BCUT2D eigenvalue weighted by atomic mass is 19.1. The number of hydrogen-bond donors (Lipinski definition) is 0. The first-order valence-electron chi connectivity index (χ1n) is 6.11. The van der Waals surface area contributed by atoms with Crippen molar-refractivity contribution in [2.24, 2.45) is 0 Å². The Labute approximate surface area is 104 Å². The van der Waals surface area contributed by atoms with Crippen molar-refractivity contribution in [3.63, 3.8) is 0 Å². The van der Waals surface area contributed by atoms with Crippen molar-refractivity contribution in [3.05, 3.63) is 24.0 Å². The molecule has 0 unspecified atom stereocenters. The van der Waals surface area contributed by atoms with E-state index in [0.717, 1.165) is 12.8 Å². The Balaban J connectivity index is 1.88. The van der Waals surface area contributed by atoms with Crippen LogP contribution in [-0.2, 0) is 9.53 Å². The minimum absolute atomic E-state index is 0.0522. The minimum atomic E-state index is -0.361. The monoisotopic (exact) mass is 251 g/mol. The Hall–Kier alpha value is -1.62. The van der Waals surface area contributed by atoms with Crippen LogP contribution in [0.4, 0.5) is 10.1 Å². The summed E-state index contributed by atoms with van der Waals surface area (Å²) in [5.74, 6) is 0.0106. The maximum absolute atomic E-state index is 13.1. The van der Waals surface area contributed by atoms with Gasteiger partial charge in [-0.3, -0.25) is 4.79 Å². The number of carbonyl (C=O) groups excluding carboxylic acids is 1. The van der Waals surface area contributed by atoms with E-state index < -0.39 is 0 Å². The van der Waals surface area contributed by atoms with Crippen LogP contribution in [-0.4, -0.2) is 31.8 Å². The average Bonchev–Trinajstić information content (AvgIpc) is 2.90. The van der Waals surface area contributed by atoms with Gasteiger partial charge in [0.1, 0.15) is 24.3 Å². The summed E-state index contributed by atoms with van der Waals surface area (Å²) in [5, 5.41) is 0. The van der Waals surface area contributed by atoms with Crippen molar-refractivity contribution in [3.8, 4) is 5.75 Å². The van der Waals surface area contributed by atoms with Gasteiger partial charge in [-0.25, -0.2) is 4.39 Å². The Kier molecular flexibility index (Phi) is 2.91. The number of anilines is 1. The molecule has 3 rings (SSSR count). The fourth-order valence-electron chi connectivity index (χ4n) is 2.37. The van der Waals surface area contributed by atoms with Crippen LogP contribution in [0.3, 0.4) is 0 Å². The second kappa shape index (κ2) is 4.57. The van der Waals surface area contributed by atoms with Gasteiger partial charge >= 0.3 is 0 Å². The topological polar surface area (TPSA) is 38.8 Å². The van der Waals surface area contributed by atoms with Crippen LogP contribution >= 0.6 is 0 Å². The van der Waals surface area contributed by atoms with Gasteiger partial charge in [0, 0.05) is 12.7 Å². The average molecular weight is 251 g/mol. The summed E-state index contributed by atoms with van der Waals surface area (Å²) in [5.41, 5.74) is 0.628. The van der Waals surface area contributed by atoms with E-state index in [9.17, 15) is 9.18 Å². The molecule has 1 aromatic rings. The maximum Gasteiger partial charge on any atom is 0.256 e.